The minimum Gasteiger partial charge on any atom is -0.505 e. The Morgan fingerprint density at radius 2 is 1.59 bits per heavy atom. The van der Waals surface area contributed by atoms with Crippen molar-refractivity contribution in [2.24, 2.45) is 0 Å². The number of para-hydroxylation sites is 2. The molecule has 0 radical (unpaired) electrons. The zero-order chi connectivity index (χ0) is 15.6. The van der Waals surface area contributed by atoms with Crippen LogP contribution in [0.3, 0.4) is 0 Å². The van der Waals surface area contributed by atoms with E-state index in [0.717, 1.165) is 17.7 Å². The summed E-state index contributed by atoms with van der Waals surface area (Å²) in [5.74, 6) is 0.380. The van der Waals surface area contributed by atoms with E-state index in [4.69, 9.17) is 0 Å². The van der Waals surface area contributed by atoms with Gasteiger partial charge in [0.05, 0.1) is 0 Å². The van der Waals surface area contributed by atoms with Gasteiger partial charge in [0.25, 0.3) is 0 Å². The van der Waals surface area contributed by atoms with E-state index in [9.17, 15) is 5.11 Å². The highest BCUT2D eigenvalue weighted by atomic mass is 16.3. The number of hydrogen-bond donors (Lipinski definition) is 1. The number of nitrogens with zero attached hydrogens (tertiary/aromatic N) is 3. The first-order valence-electron chi connectivity index (χ1n) is 7.79. The van der Waals surface area contributed by atoms with Gasteiger partial charge in [-0.1, -0.05) is 45.9 Å². The molecule has 0 aliphatic heterocycles. The smallest absolute Gasteiger partial charge is 0.146 e. The Morgan fingerprint density at radius 3 is 2.09 bits per heavy atom. The van der Waals surface area contributed by atoms with Crippen LogP contribution in [-0.2, 0) is 11.8 Å². The Kier molecular flexibility index (Phi) is 2.48. The largest absolute Gasteiger partial charge is 0.505 e. The molecule has 1 N–H and O–H groups in total. The molecular formula is C18H21N3O. The average Bonchev–Trinajstić information content (AvgIpc) is 3.12. The maximum atomic E-state index is 10.8. The fourth-order valence-corrected chi connectivity index (χ4v) is 3.10. The number of aromatic nitrogens is 3. The summed E-state index contributed by atoms with van der Waals surface area (Å²) in [6, 6.07) is 12.5. The molecule has 2 aromatic carbocycles. The molecular weight excluding hydrogens is 274 g/mol. The minimum atomic E-state index is -0.0867. The predicted octanol–water partition coefficient (Wildman–Crippen LogP) is 3.99. The zero-order valence-corrected chi connectivity index (χ0v) is 13.5. The Bertz CT molecular complexity index is 920. The normalized spacial score (nSPS) is 12.9. The monoisotopic (exact) mass is 295 g/mol. The van der Waals surface area contributed by atoms with Crippen molar-refractivity contribution in [3.05, 3.63) is 47.5 Å². The molecule has 4 aromatic rings. The van der Waals surface area contributed by atoms with Crippen LogP contribution in [0.25, 0.3) is 16.7 Å². The Hall–Kier alpha value is -2.36. The van der Waals surface area contributed by atoms with Crippen LogP contribution >= 0.6 is 0 Å². The summed E-state index contributed by atoms with van der Waals surface area (Å²) in [7, 11) is 0. The molecule has 0 bridgehead atoms. The van der Waals surface area contributed by atoms with E-state index in [2.05, 4.69) is 61.2 Å². The van der Waals surface area contributed by atoms with Gasteiger partial charge >= 0.3 is 0 Å². The van der Waals surface area contributed by atoms with Crippen molar-refractivity contribution < 1.29 is 5.11 Å². The first kappa shape index (κ1) is 13.3. The number of phenols is 1. The third-order valence-corrected chi connectivity index (χ3v) is 4.40. The van der Waals surface area contributed by atoms with E-state index in [1.165, 1.54) is 16.6 Å². The average molecular weight is 295 g/mol. The van der Waals surface area contributed by atoms with Crippen molar-refractivity contribution in [1.29, 1.82) is 0 Å². The van der Waals surface area contributed by atoms with E-state index < -0.39 is 0 Å². The first-order chi connectivity index (χ1) is 10.4. The number of benzene rings is 2. The highest BCUT2D eigenvalue weighted by Gasteiger charge is 2.28. The molecule has 0 amide bonds. The molecule has 2 aromatic heterocycles. The lowest BCUT2D eigenvalue weighted by molar-refractivity contribution is 0.443. The van der Waals surface area contributed by atoms with Gasteiger partial charge in [-0.2, -0.15) is 0 Å². The lowest BCUT2D eigenvalue weighted by atomic mass is 9.84. The number of hydrogen-bond acceptors (Lipinski definition) is 1. The topological polar surface area (TPSA) is 34.0 Å². The fraction of sp³-hybridized carbons (Fsp3) is 0.333. The minimum absolute atomic E-state index is 0.0867. The van der Waals surface area contributed by atoms with Gasteiger partial charge in [0.2, 0.25) is 0 Å². The summed E-state index contributed by atoms with van der Waals surface area (Å²) in [6.45, 7) is 8.56. The van der Waals surface area contributed by atoms with Crippen LogP contribution in [0.2, 0.25) is 0 Å². The molecule has 4 rings (SSSR count). The molecule has 0 fully saturated rings. The Balaban J connectivity index is 1.96. The van der Waals surface area contributed by atoms with Gasteiger partial charge in [0, 0.05) is 5.56 Å². The van der Waals surface area contributed by atoms with Gasteiger partial charge in [-0.25, -0.2) is 0 Å². The molecule has 4 heteroatoms. The van der Waals surface area contributed by atoms with Gasteiger partial charge in [0.1, 0.15) is 22.5 Å². The number of rotatable bonds is 2. The van der Waals surface area contributed by atoms with E-state index >= 15 is 0 Å². The number of phenolic OH excluding ortho intramolecular Hbond substituents is 1. The third-order valence-electron chi connectivity index (χ3n) is 4.40. The van der Waals surface area contributed by atoms with Crippen LogP contribution in [0, 0.1) is 0 Å². The summed E-state index contributed by atoms with van der Waals surface area (Å²) >= 11 is 0. The Labute approximate surface area is 129 Å². The molecule has 22 heavy (non-hydrogen) atoms. The van der Waals surface area contributed by atoms with Gasteiger partial charge in [-0.3, -0.25) is 0 Å². The Morgan fingerprint density at radius 1 is 1.00 bits per heavy atom. The second-order valence-electron chi connectivity index (χ2n) is 6.97. The molecule has 0 aliphatic carbocycles. The lowest BCUT2D eigenvalue weighted by Crippen LogP contribution is -2.13. The molecule has 2 heterocycles. The van der Waals surface area contributed by atoms with Crippen LogP contribution in [0.1, 0.15) is 38.8 Å². The molecule has 0 spiro atoms. The van der Waals surface area contributed by atoms with Gasteiger partial charge in [0.15, 0.2) is 0 Å². The molecule has 4 nitrogen and oxygen atoms in total. The third kappa shape index (κ3) is 1.64. The molecule has 0 saturated carbocycles. The van der Waals surface area contributed by atoms with Crippen molar-refractivity contribution in [1.82, 2.24) is 14.1 Å². The number of aryl methyl sites for hydroxylation is 1. The second-order valence-corrected chi connectivity index (χ2v) is 6.97. The predicted molar refractivity (Wildman–Crippen MR) is 88.6 cm³/mol. The number of aromatic hydroxyl groups is 1. The fourth-order valence-electron chi connectivity index (χ4n) is 3.10. The van der Waals surface area contributed by atoms with E-state index in [-0.39, 0.29) is 5.41 Å². The highest BCUT2D eigenvalue weighted by Crippen LogP contribution is 2.38. The number of fused-ring (bicyclic) bond motifs is 4. The summed E-state index contributed by atoms with van der Waals surface area (Å²) in [5.41, 5.74) is 5.38. The van der Waals surface area contributed by atoms with Crippen molar-refractivity contribution in [2.45, 2.75) is 39.5 Å². The molecule has 0 unspecified atom stereocenters. The van der Waals surface area contributed by atoms with Crippen molar-refractivity contribution in [2.75, 3.05) is 0 Å². The van der Waals surface area contributed by atoms with E-state index in [1.54, 1.807) is 0 Å². The molecule has 114 valence electrons. The molecule has 0 saturated heterocycles. The van der Waals surface area contributed by atoms with Crippen molar-refractivity contribution in [3.8, 4) is 11.4 Å². The summed E-state index contributed by atoms with van der Waals surface area (Å²) in [6.07, 6.45) is 0.956. The van der Waals surface area contributed by atoms with Gasteiger partial charge in [-0.05, 0) is 35.6 Å². The van der Waals surface area contributed by atoms with Gasteiger partial charge in [-0.15, -0.1) is 14.1 Å². The van der Waals surface area contributed by atoms with Crippen molar-refractivity contribution in [3.63, 3.8) is 0 Å². The van der Waals surface area contributed by atoms with Crippen LogP contribution in [0.4, 0.5) is 0 Å². The summed E-state index contributed by atoms with van der Waals surface area (Å²) < 4.78 is 4.16. The van der Waals surface area contributed by atoms with Gasteiger partial charge < -0.3 is 5.11 Å². The van der Waals surface area contributed by atoms with Crippen molar-refractivity contribution >= 4 is 11.0 Å². The first-order valence-corrected chi connectivity index (χ1v) is 7.79. The van der Waals surface area contributed by atoms with Crippen LogP contribution in [-0.4, -0.2) is 19.2 Å². The maximum absolute atomic E-state index is 10.8. The van der Waals surface area contributed by atoms with E-state index in [1.807, 2.05) is 16.9 Å². The standard InChI is InChI=1S/C18H21N3O/c1-5-12-10-13(18(2,3)4)17(22)16(11-12)21-19-14-8-6-7-9-15(14)20(19)21/h6-11,22H,5H2,1-4H3. The summed E-state index contributed by atoms with van der Waals surface area (Å²) in [4.78, 5) is 2.04. The molecule has 0 atom stereocenters. The quantitative estimate of drug-likeness (QED) is 0.596. The van der Waals surface area contributed by atoms with Crippen LogP contribution < -0.4 is 0 Å². The van der Waals surface area contributed by atoms with Crippen LogP contribution in [0.15, 0.2) is 36.4 Å². The summed E-state index contributed by atoms with van der Waals surface area (Å²) in [5, 5.41) is 10.8. The van der Waals surface area contributed by atoms with E-state index in [0.29, 0.717) is 5.75 Å². The highest BCUT2D eigenvalue weighted by molar-refractivity contribution is 5.79. The zero-order valence-electron chi connectivity index (χ0n) is 13.5. The maximum Gasteiger partial charge on any atom is 0.146 e. The molecule has 0 aliphatic rings. The second kappa shape index (κ2) is 4.09. The SMILES string of the molecule is CCc1cc(-n2n3c4ccccc4n23)c(O)c(C(C)(C)C)c1. The van der Waals surface area contributed by atoms with Crippen LogP contribution in [0.5, 0.6) is 5.75 Å². The lowest BCUT2D eigenvalue weighted by Gasteiger charge is -2.22.